The minimum atomic E-state index is -0.667. The Morgan fingerprint density at radius 3 is 2.59 bits per heavy atom. The van der Waals surface area contributed by atoms with Gasteiger partial charge in [0.05, 0.1) is 6.54 Å². The first-order valence-electron chi connectivity index (χ1n) is 7.22. The monoisotopic (exact) mass is 302 g/mol. The molecule has 0 N–H and O–H groups in total. The molecule has 2 amide bonds. The van der Waals surface area contributed by atoms with Crippen molar-refractivity contribution in [1.82, 2.24) is 4.90 Å². The molecule has 1 aromatic rings. The number of rotatable bonds is 2. The van der Waals surface area contributed by atoms with Crippen LogP contribution in [0.5, 0.6) is 0 Å². The van der Waals surface area contributed by atoms with Crippen molar-refractivity contribution < 1.29 is 19.2 Å². The van der Waals surface area contributed by atoms with Crippen LogP contribution < -0.4 is 0 Å². The van der Waals surface area contributed by atoms with Crippen molar-refractivity contribution in [3.8, 4) is 0 Å². The van der Waals surface area contributed by atoms with Gasteiger partial charge in [-0.1, -0.05) is 35.5 Å². The molecule has 116 valence electrons. The number of carbonyl (C=O) groups is 2. The van der Waals surface area contributed by atoms with Gasteiger partial charge in [0.1, 0.15) is 23.3 Å². The molecule has 0 aliphatic carbocycles. The molecule has 2 atom stereocenters. The van der Waals surface area contributed by atoms with E-state index in [-0.39, 0.29) is 12.5 Å². The number of nitrogens with zero attached hydrogens (tertiary/aromatic N) is 2. The first kappa shape index (κ1) is 14.6. The zero-order valence-corrected chi connectivity index (χ0v) is 12.8. The molecule has 1 saturated heterocycles. The highest BCUT2D eigenvalue weighted by Gasteiger charge is 2.47. The molecule has 0 unspecified atom stereocenters. The summed E-state index contributed by atoms with van der Waals surface area (Å²) in [5.41, 5.74) is 0.701. The van der Waals surface area contributed by atoms with Crippen molar-refractivity contribution in [2.75, 3.05) is 6.54 Å². The summed E-state index contributed by atoms with van der Waals surface area (Å²) in [6.45, 7) is 5.56. The second-order valence-corrected chi connectivity index (χ2v) is 6.18. The average molecular weight is 302 g/mol. The fourth-order valence-electron chi connectivity index (χ4n) is 2.74. The highest BCUT2D eigenvalue weighted by Crippen LogP contribution is 2.29. The number of hydrogen-bond donors (Lipinski definition) is 0. The Morgan fingerprint density at radius 2 is 2.00 bits per heavy atom. The fourth-order valence-corrected chi connectivity index (χ4v) is 2.74. The normalized spacial score (nSPS) is 26.4. The Kier molecular flexibility index (Phi) is 3.39. The minimum Gasteiger partial charge on any atom is -0.441 e. The van der Waals surface area contributed by atoms with E-state index < -0.39 is 23.7 Å². The van der Waals surface area contributed by atoms with E-state index in [2.05, 4.69) is 5.16 Å². The summed E-state index contributed by atoms with van der Waals surface area (Å²) >= 11 is 0. The van der Waals surface area contributed by atoms with Gasteiger partial charge < -0.3 is 9.57 Å². The maximum Gasteiger partial charge on any atom is 0.417 e. The highest BCUT2D eigenvalue weighted by atomic mass is 16.6. The van der Waals surface area contributed by atoms with Crippen LogP contribution in [0.3, 0.4) is 0 Å². The summed E-state index contributed by atoms with van der Waals surface area (Å²) in [5.74, 6) is -0.938. The maximum absolute atomic E-state index is 12.8. The highest BCUT2D eigenvalue weighted by molar-refractivity contribution is 6.16. The molecule has 0 saturated carbocycles. The van der Waals surface area contributed by atoms with Gasteiger partial charge in [-0.15, -0.1) is 0 Å². The van der Waals surface area contributed by atoms with E-state index in [0.717, 1.165) is 10.5 Å². The molecule has 3 rings (SSSR count). The van der Waals surface area contributed by atoms with Crippen molar-refractivity contribution in [3.63, 3.8) is 0 Å². The molecule has 2 aliphatic heterocycles. The first-order valence-corrected chi connectivity index (χ1v) is 7.22. The summed E-state index contributed by atoms with van der Waals surface area (Å²) in [5, 5.41) is 4.04. The van der Waals surface area contributed by atoms with Crippen LogP contribution in [0.2, 0.25) is 0 Å². The zero-order chi connectivity index (χ0) is 15.9. The van der Waals surface area contributed by atoms with Crippen molar-refractivity contribution >= 4 is 17.7 Å². The first-order chi connectivity index (χ1) is 10.4. The van der Waals surface area contributed by atoms with Gasteiger partial charge in [-0.3, -0.25) is 4.79 Å². The molecule has 6 nitrogen and oxygen atoms in total. The topological polar surface area (TPSA) is 68.2 Å². The minimum absolute atomic E-state index is 0.232. The van der Waals surface area contributed by atoms with Crippen molar-refractivity contribution in [1.29, 1.82) is 0 Å². The van der Waals surface area contributed by atoms with Gasteiger partial charge in [-0.25, -0.2) is 9.69 Å². The van der Waals surface area contributed by atoms with E-state index in [1.165, 1.54) is 0 Å². The van der Waals surface area contributed by atoms with E-state index in [9.17, 15) is 9.59 Å². The van der Waals surface area contributed by atoms with Gasteiger partial charge in [-0.2, -0.15) is 0 Å². The molecule has 0 spiro atoms. The van der Waals surface area contributed by atoms with Gasteiger partial charge in [-0.05, 0) is 20.8 Å². The summed E-state index contributed by atoms with van der Waals surface area (Å²) in [7, 11) is 0. The van der Waals surface area contributed by atoms with Gasteiger partial charge in [0, 0.05) is 5.56 Å². The third-order valence-corrected chi connectivity index (χ3v) is 3.81. The van der Waals surface area contributed by atoms with E-state index in [0.29, 0.717) is 5.71 Å². The van der Waals surface area contributed by atoms with Crippen LogP contribution in [-0.4, -0.2) is 40.9 Å². The van der Waals surface area contributed by atoms with Crippen molar-refractivity contribution in [3.05, 3.63) is 35.9 Å². The second-order valence-electron chi connectivity index (χ2n) is 6.18. The van der Waals surface area contributed by atoms with E-state index in [4.69, 9.17) is 9.57 Å². The number of imide groups is 1. The lowest BCUT2D eigenvalue weighted by atomic mass is 9.91. The molecule has 6 heteroatoms. The van der Waals surface area contributed by atoms with Crippen LogP contribution in [0.15, 0.2) is 35.5 Å². The lowest BCUT2D eigenvalue weighted by Gasteiger charge is -2.20. The van der Waals surface area contributed by atoms with Gasteiger partial charge in [0.15, 0.2) is 0 Å². The largest absolute Gasteiger partial charge is 0.441 e. The Bertz CT molecular complexity index is 639. The number of amides is 2. The van der Waals surface area contributed by atoms with E-state index in [1.54, 1.807) is 20.8 Å². The van der Waals surface area contributed by atoms with Crippen LogP contribution in [0.1, 0.15) is 26.3 Å². The summed E-state index contributed by atoms with van der Waals surface area (Å²) in [4.78, 5) is 31.2. The second kappa shape index (κ2) is 5.12. The van der Waals surface area contributed by atoms with Crippen LogP contribution in [-0.2, 0) is 14.4 Å². The Labute approximate surface area is 128 Å². The molecule has 2 heterocycles. The fraction of sp³-hybridized carbons (Fsp3) is 0.438. The molecule has 0 bridgehead atoms. The number of ether oxygens (including phenoxy) is 1. The predicted molar refractivity (Wildman–Crippen MR) is 79.3 cm³/mol. The molecule has 1 aromatic carbocycles. The standard InChI is InChI=1S/C16H18N2O4/c1-10-12(13(17-22-10)11-7-5-4-6-8-11)14(19)18-9-16(2,3)21-15(18)20/h4-8,10,12H,9H2,1-3H3/t10-,12-/m0/s1. The molecule has 0 radical (unpaired) electrons. The SMILES string of the molecule is C[C@@H]1ON=C(c2ccccc2)[C@H]1C(=O)N1CC(C)(C)OC1=O. The smallest absolute Gasteiger partial charge is 0.417 e. The summed E-state index contributed by atoms with van der Waals surface area (Å²) in [6.07, 6.45) is -1.03. The van der Waals surface area contributed by atoms with Gasteiger partial charge in [0.2, 0.25) is 5.91 Å². The third-order valence-electron chi connectivity index (χ3n) is 3.81. The summed E-state index contributed by atoms with van der Waals surface area (Å²) < 4.78 is 5.20. The number of cyclic esters (lactones) is 1. The Hall–Kier alpha value is -2.37. The van der Waals surface area contributed by atoms with E-state index in [1.807, 2.05) is 30.3 Å². The van der Waals surface area contributed by atoms with Crippen LogP contribution in [0.25, 0.3) is 0 Å². The van der Waals surface area contributed by atoms with Crippen LogP contribution in [0, 0.1) is 5.92 Å². The maximum atomic E-state index is 12.8. The average Bonchev–Trinajstić information content (AvgIpc) is 2.98. The Balaban J connectivity index is 1.88. The van der Waals surface area contributed by atoms with Crippen molar-refractivity contribution in [2.45, 2.75) is 32.5 Å². The molecule has 22 heavy (non-hydrogen) atoms. The zero-order valence-electron chi connectivity index (χ0n) is 12.8. The van der Waals surface area contributed by atoms with Crippen LogP contribution in [0.4, 0.5) is 4.79 Å². The summed E-state index contributed by atoms with van der Waals surface area (Å²) in [6, 6.07) is 9.37. The molecular weight excluding hydrogens is 284 g/mol. The third kappa shape index (κ3) is 2.45. The molecule has 2 aliphatic rings. The number of hydrogen-bond acceptors (Lipinski definition) is 5. The van der Waals surface area contributed by atoms with Crippen LogP contribution >= 0.6 is 0 Å². The number of oxime groups is 1. The molecular formula is C16H18N2O4. The van der Waals surface area contributed by atoms with E-state index >= 15 is 0 Å². The van der Waals surface area contributed by atoms with Gasteiger partial charge in [0.25, 0.3) is 0 Å². The molecule has 0 aromatic heterocycles. The quantitative estimate of drug-likeness (QED) is 0.839. The lowest BCUT2D eigenvalue weighted by molar-refractivity contribution is -0.132. The number of benzene rings is 1. The van der Waals surface area contributed by atoms with Crippen molar-refractivity contribution in [2.24, 2.45) is 11.1 Å². The lowest BCUT2D eigenvalue weighted by Crippen LogP contribution is -2.43. The van der Waals surface area contributed by atoms with Gasteiger partial charge >= 0.3 is 6.09 Å². The molecule has 1 fully saturated rings. The predicted octanol–water partition coefficient (Wildman–Crippen LogP) is 2.18. The number of carbonyl (C=O) groups excluding carboxylic acids is 2. The Morgan fingerprint density at radius 1 is 1.32 bits per heavy atom.